The Balaban J connectivity index is 1.44. The molecular weight excluding hydrogens is 392 g/mol. The van der Waals surface area contributed by atoms with Gasteiger partial charge in [-0.05, 0) is 67.0 Å². The molecule has 2 aromatic rings. The molecule has 1 fully saturated rings. The van der Waals surface area contributed by atoms with Gasteiger partial charge in [-0.3, -0.25) is 4.79 Å². The van der Waals surface area contributed by atoms with Gasteiger partial charge in [-0.1, -0.05) is 12.1 Å². The molecule has 3 rings (SSSR count). The minimum absolute atomic E-state index is 0.0264. The number of hydrogen-bond acceptors (Lipinski definition) is 5. The number of ether oxygens (including phenoxy) is 3. The summed E-state index contributed by atoms with van der Waals surface area (Å²) in [7, 11) is 3.34. The van der Waals surface area contributed by atoms with E-state index in [4.69, 9.17) is 19.5 Å². The van der Waals surface area contributed by atoms with Gasteiger partial charge in [0.2, 0.25) is 5.91 Å². The number of hydrogen-bond donors (Lipinski definition) is 0. The average Bonchev–Trinajstić information content (AvgIpc) is 2.82. The van der Waals surface area contributed by atoms with Crippen molar-refractivity contribution in [1.29, 1.82) is 5.26 Å². The zero-order valence-electron chi connectivity index (χ0n) is 18.3. The number of carbonyl (C=O) groups is 1. The summed E-state index contributed by atoms with van der Waals surface area (Å²) in [5.41, 5.74) is 2.18. The first kappa shape index (κ1) is 22.5. The van der Waals surface area contributed by atoms with Crippen LogP contribution in [0.25, 0.3) is 0 Å². The van der Waals surface area contributed by atoms with Gasteiger partial charge >= 0.3 is 0 Å². The van der Waals surface area contributed by atoms with Crippen LogP contribution in [0.3, 0.4) is 0 Å². The molecular formula is C25H30N2O4. The molecule has 0 spiro atoms. The van der Waals surface area contributed by atoms with Crippen LogP contribution in [0.4, 0.5) is 0 Å². The Morgan fingerprint density at radius 2 is 1.65 bits per heavy atom. The van der Waals surface area contributed by atoms with Crippen molar-refractivity contribution in [3.8, 4) is 23.3 Å². The van der Waals surface area contributed by atoms with E-state index >= 15 is 0 Å². The maximum absolute atomic E-state index is 12.7. The van der Waals surface area contributed by atoms with Crippen LogP contribution >= 0.6 is 0 Å². The SMILES string of the molecule is COc1cc(CCC2CCN(C(=O)Cc3ccc(OCC#N)cc3)CC2)cc(OC)c1. The molecule has 1 heterocycles. The number of rotatable bonds is 9. The second kappa shape index (κ2) is 11.3. The first-order valence-electron chi connectivity index (χ1n) is 10.7. The zero-order chi connectivity index (χ0) is 22.1. The van der Waals surface area contributed by atoms with Gasteiger partial charge in [0, 0.05) is 19.2 Å². The van der Waals surface area contributed by atoms with Crippen LogP contribution < -0.4 is 14.2 Å². The third kappa shape index (κ3) is 6.65. The normalized spacial score (nSPS) is 14.0. The Hall–Kier alpha value is -3.20. The molecule has 6 heteroatoms. The molecule has 0 aromatic heterocycles. The maximum Gasteiger partial charge on any atom is 0.226 e. The van der Waals surface area contributed by atoms with Crippen LogP contribution in [-0.2, 0) is 17.6 Å². The molecule has 1 aliphatic rings. The van der Waals surface area contributed by atoms with Gasteiger partial charge in [-0.15, -0.1) is 0 Å². The lowest BCUT2D eigenvalue weighted by molar-refractivity contribution is -0.131. The Bertz CT molecular complexity index is 874. The third-order valence-electron chi connectivity index (χ3n) is 5.80. The van der Waals surface area contributed by atoms with E-state index in [-0.39, 0.29) is 12.5 Å². The quantitative estimate of drug-likeness (QED) is 0.610. The number of aryl methyl sites for hydroxylation is 1. The summed E-state index contributed by atoms with van der Waals surface area (Å²) >= 11 is 0. The molecule has 2 aromatic carbocycles. The van der Waals surface area contributed by atoms with E-state index in [2.05, 4.69) is 12.1 Å². The summed E-state index contributed by atoms with van der Waals surface area (Å²) in [6.45, 7) is 1.65. The molecule has 1 saturated heterocycles. The lowest BCUT2D eigenvalue weighted by Gasteiger charge is -2.32. The van der Waals surface area contributed by atoms with Gasteiger partial charge in [-0.2, -0.15) is 5.26 Å². The monoisotopic (exact) mass is 422 g/mol. The van der Waals surface area contributed by atoms with Gasteiger partial charge in [0.1, 0.15) is 23.3 Å². The Morgan fingerprint density at radius 3 is 2.23 bits per heavy atom. The van der Waals surface area contributed by atoms with E-state index in [1.54, 1.807) is 26.4 Å². The van der Waals surface area contributed by atoms with Gasteiger partial charge in [0.05, 0.1) is 20.6 Å². The van der Waals surface area contributed by atoms with Gasteiger partial charge in [0.25, 0.3) is 0 Å². The summed E-state index contributed by atoms with van der Waals surface area (Å²) in [4.78, 5) is 14.7. The first-order valence-corrected chi connectivity index (χ1v) is 10.7. The average molecular weight is 423 g/mol. The van der Waals surface area contributed by atoms with Crippen LogP contribution in [0.2, 0.25) is 0 Å². The second-order valence-corrected chi connectivity index (χ2v) is 7.85. The highest BCUT2D eigenvalue weighted by atomic mass is 16.5. The minimum atomic E-state index is 0.0264. The first-order chi connectivity index (χ1) is 15.1. The van der Waals surface area contributed by atoms with Crippen molar-refractivity contribution in [2.45, 2.75) is 32.1 Å². The van der Waals surface area contributed by atoms with Crippen molar-refractivity contribution in [1.82, 2.24) is 4.90 Å². The fourth-order valence-electron chi connectivity index (χ4n) is 3.96. The molecule has 6 nitrogen and oxygen atoms in total. The number of carbonyl (C=O) groups excluding carboxylic acids is 1. The van der Waals surface area contributed by atoms with Crippen molar-refractivity contribution >= 4 is 5.91 Å². The van der Waals surface area contributed by atoms with E-state index in [1.165, 1.54) is 5.56 Å². The topological polar surface area (TPSA) is 71.8 Å². The number of nitriles is 1. The lowest BCUT2D eigenvalue weighted by Crippen LogP contribution is -2.39. The Morgan fingerprint density at radius 1 is 1.00 bits per heavy atom. The Kier molecular flexibility index (Phi) is 8.17. The van der Waals surface area contributed by atoms with Crippen molar-refractivity contribution in [2.75, 3.05) is 33.9 Å². The van der Waals surface area contributed by atoms with Crippen molar-refractivity contribution in [3.05, 3.63) is 53.6 Å². The molecule has 164 valence electrons. The van der Waals surface area contributed by atoms with E-state index in [0.717, 1.165) is 55.8 Å². The van der Waals surface area contributed by atoms with Gasteiger partial charge in [0.15, 0.2) is 6.61 Å². The summed E-state index contributed by atoms with van der Waals surface area (Å²) in [5, 5.41) is 8.56. The summed E-state index contributed by atoms with van der Waals surface area (Å²) < 4.78 is 16.0. The number of benzene rings is 2. The number of amides is 1. The maximum atomic E-state index is 12.7. The van der Waals surface area contributed by atoms with Crippen LogP contribution in [0, 0.1) is 17.2 Å². The van der Waals surface area contributed by atoms with Crippen LogP contribution in [0.5, 0.6) is 17.2 Å². The number of methoxy groups -OCH3 is 2. The number of nitrogens with zero attached hydrogens (tertiary/aromatic N) is 2. The van der Waals surface area contributed by atoms with E-state index < -0.39 is 0 Å². The van der Waals surface area contributed by atoms with E-state index in [1.807, 2.05) is 29.2 Å². The van der Waals surface area contributed by atoms with Crippen LogP contribution in [0.1, 0.15) is 30.4 Å². The minimum Gasteiger partial charge on any atom is -0.497 e. The molecule has 0 unspecified atom stereocenters. The standard InChI is InChI=1S/C25H30N2O4/c1-29-23-15-21(16-24(18-23)30-2)4-3-19-9-12-27(13-10-19)25(28)17-20-5-7-22(8-6-20)31-14-11-26/h5-8,15-16,18-19H,3-4,9-10,12-14,17H2,1-2H3. The lowest BCUT2D eigenvalue weighted by atomic mass is 9.90. The van der Waals surface area contributed by atoms with Crippen molar-refractivity contribution < 1.29 is 19.0 Å². The second-order valence-electron chi connectivity index (χ2n) is 7.85. The van der Waals surface area contributed by atoms with E-state index in [0.29, 0.717) is 18.1 Å². The largest absolute Gasteiger partial charge is 0.497 e. The van der Waals surface area contributed by atoms with Crippen molar-refractivity contribution in [3.63, 3.8) is 0 Å². The molecule has 0 N–H and O–H groups in total. The highest BCUT2D eigenvalue weighted by Crippen LogP contribution is 2.27. The smallest absolute Gasteiger partial charge is 0.226 e. The Labute approximate surface area is 184 Å². The van der Waals surface area contributed by atoms with E-state index in [9.17, 15) is 4.79 Å². The summed E-state index contributed by atoms with van der Waals surface area (Å²) in [6, 6.07) is 15.4. The predicted octanol–water partition coefficient (Wildman–Crippen LogP) is 4.02. The number of likely N-dealkylation sites (tertiary alicyclic amines) is 1. The molecule has 1 aliphatic heterocycles. The van der Waals surface area contributed by atoms with Gasteiger partial charge in [-0.25, -0.2) is 0 Å². The molecule has 1 amide bonds. The molecule has 0 saturated carbocycles. The van der Waals surface area contributed by atoms with Crippen molar-refractivity contribution in [2.24, 2.45) is 5.92 Å². The molecule has 31 heavy (non-hydrogen) atoms. The zero-order valence-corrected chi connectivity index (χ0v) is 18.3. The fourth-order valence-corrected chi connectivity index (χ4v) is 3.96. The molecule has 0 bridgehead atoms. The highest BCUT2D eigenvalue weighted by Gasteiger charge is 2.22. The molecule has 0 atom stereocenters. The van der Waals surface area contributed by atoms with Crippen LogP contribution in [-0.4, -0.2) is 44.7 Å². The number of piperidine rings is 1. The fraction of sp³-hybridized carbons (Fsp3) is 0.440. The molecule has 0 radical (unpaired) electrons. The summed E-state index contributed by atoms with van der Waals surface area (Å²) in [5.74, 6) is 3.07. The highest BCUT2D eigenvalue weighted by molar-refractivity contribution is 5.78. The van der Waals surface area contributed by atoms with Crippen LogP contribution in [0.15, 0.2) is 42.5 Å². The third-order valence-corrected chi connectivity index (χ3v) is 5.80. The van der Waals surface area contributed by atoms with Gasteiger partial charge < -0.3 is 19.1 Å². The predicted molar refractivity (Wildman–Crippen MR) is 118 cm³/mol. The molecule has 0 aliphatic carbocycles. The summed E-state index contributed by atoms with van der Waals surface area (Å²) in [6.07, 6.45) is 4.54.